The van der Waals surface area contributed by atoms with E-state index in [0.29, 0.717) is 11.7 Å². The summed E-state index contributed by atoms with van der Waals surface area (Å²) in [7, 11) is 0. The molecule has 0 bridgehead atoms. The monoisotopic (exact) mass is 254 g/mol. The van der Waals surface area contributed by atoms with E-state index in [-0.39, 0.29) is 10.7 Å². The van der Waals surface area contributed by atoms with Crippen molar-refractivity contribution in [2.75, 3.05) is 18.0 Å². The van der Waals surface area contributed by atoms with Gasteiger partial charge < -0.3 is 10.0 Å². The molecule has 2 rings (SSSR count). The van der Waals surface area contributed by atoms with Crippen LogP contribution in [0.4, 0.5) is 5.82 Å². The third-order valence-corrected chi connectivity index (χ3v) is 3.53. The molecule has 1 unspecified atom stereocenters. The molecule has 4 nitrogen and oxygen atoms in total. The van der Waals surface area contributed by atoms with Gasteiger partial charge in [-0.3, -0.25) is 0 Å². The molecule has 1 N–H and O–H groups in total. The molecule has 1 saturated heterocycles. The van der Waals surface area contributed by atoms with Crippen LogP contribution >= 0.6 is 11.6 Å². The highest BCUT2D eigenvalue weighted by atomic mass is 35.5. The highest BCUT2D eigenvalue weighted by Gasteiger charge is 2.23. The number of aromatic carboxylic acids is 1. The second-order valence-electron chi connectivity index (χ2n) is 4.31. The van der Waals surface area contributed by atoms with Gasteiger partial charge in [0.05, 0.1) is 5.02 Å². The molecule has 5 heteroatoms. The number of carbonyl (C=O) groups is 1. The Morgan fingerprint density at radius 3 is 3.00 bits per heavy atom. The predicted octanol–water partition coefficient (Wildman–Crippen LogP) is 2.67. The van der Waals surface area contributed by atoms with Gasteiger partial charge in [-0.25, -0.2) is 9.78 Å². The van der Waals surface area contributed by atoms with Crippen molar-refractivity contribution in [2.24, 2.45) is 5.92 Å². The van der Waals surface area contributed by atoms with Gasteiger partial charge in [0.25, 0.3) is 0 Å². The minimum Gasteiger partial charge on any atom is -0.476 e. The van der Waals surface area contributed by atoms with Gasteiger partial charge >= 0.3 is 5.97 Å². The molecule has 1 aliphatic heterocycles. The smallest absolute Gasteiger partial charge is 0.356 e. The van der Waals surface area contributed by atoms with Gasteiger partial charge in [-0.2, -0.15) is 0 Å². The largest absolute Gasteiger partial charge is 0.476 e. The van der Waals surface area contributed by atoms with E-state index in [2.05, 4.69) is 16.8 Å². The first-order chi connectivity index (χ1) is 8.11. The van der Waals surface area contributed by atoms with Gasteiger partial charge in [-0.05, 0) is 24.5 Å². The molecule has 0 radical (unpaired) electrons. The topological polar surface area (TPSA) is 53.4 Å². The van der Waals surface area contributed by atoms with Crippen LogP contribution in [0.1, 0.15) is 30.3 Å². The van der Waals surface area contributed by atoms with Gasteiger partial charge in [0.15, 0.2) is 5.69 Å². The fourth-order valence-corrected chi connectivity index (χ4v) is 2.32. The highest BCUT2D eigenvalue weighted by Crippen LogP contribution is 2.26. The normalized spacial score (nSPS) is 19.6. The van der Waals surface area contributed by atoms with Crippen molar-refractivity contribution in [3.63, 3.8) is 0 Å². The summed E-state index contributed by atoms with van der Waals surface area (Å²) in [6.07, 6.45) is 2.29. The van der Waals surface area contributed by atoms with Crippen molar-refractivity contribution in [3.8, 4) is 0 Å². The van der Waals surface area contributed by atoms with Crippen LogP contribution in [0.5, 0.6) is 0 Å². The summed E-state index contributed by atoms with van der Waals surface area (Å²) in [6.45, 7) is 4.06. The lowest BCUT2D eigenvalue weighted by atomic mass is 10.1. The minimum atomic E-state index is -1.08. The fourth-order valence-electron chi connectivity index (χ4n) is 2.13. The zero-order valence-electron chi connectivity index (χ0n) is 9.69. The van der Waals surface area contributed by atoms with E-state index in [1.165, 1.54) is 0 Å². The predicted molar refractivity (Wildman–Crippen MR) is 66.8 cm³/mol. The van der Waals surface area contributed by atoms with Gasteiger partial charge in [-0.15, -0.1) is 0 Å². The summed E-state index contributed by atoms with van der Waals surface area (Å²) in [5.74, 6) is 0.312. The van der Waals surface area contributed by atoms with Crippen LogP contribution in [0.3, 0.4) is 0 Å². The van der Waals surface area contributed by atoms with E-state index in [4.69, 9.17) is 16.7 Å². The molecule has 2 heterocycles. The molecule has 1 aromatic rings. The van der Waals surface area contributed by atoms with Crippen molar-refractivity contribution < 1.29 is 9.90 Å². The van der Waals surface area contributed by atoms with Crippen LogP contribution in [0.2, 0.25) is 5.02 Å². The van der Waals surface area contributed by atoms with Crippen LogP contribution in [0.15, 0.2) is 12.1 Å². The standard InChI is InChI=1S/C12H15ClN2O2/c1-2-8-5-6-15(7-8)10-4-3-9(13)11(14-10)12(16)17/h3-4,8H,2,5-7H2,1H3,(H,16,17). The number of carboxylic acids is 1. The summed E-state index contributed by atoms with van der Waals surface area (Å²) in [4.78, 5) is 17.2. The van der Waals surface area contributed by atoms with Crippen molar-refractivity contribution in [1.29, 1.82) is 0 Å². The number of aromatic nitrogens is 1. The Hall–Kier alpha value is -1.29. The number of hydrogen-bond donors (Lipinski definition) is 1. The molecule has 0 aromatic carbocycles. The molecular formula is C12H15ClN2O2. The number of halogens is 1. The molecular weight excluding hydrogens is 240 g/mol. The molecule has 1 fully saturated rings. The van der Waals surface area contributed by atoms with E-state index >= 15 is 0 Å². The number of hydrogen-bond acceptors (Lipinski definition) is 3. The second-order valence-corrected chi connectivity index (χ2v) is 4.72. The highest BCUT2D eigenvalue weighted by molar-refractivity contribution is 6.33. The van der Waals surface area contributed by atoms with Crippen LogP contribution < -0.4 is 4.90 Å². The number of anilines is 1. The van der Waals surface area contributed by atoms with Crippen molar-refractivity contribution >= 4 is 23.4 Å². The van der Waals surface area contributed by atoms with Crippen molar-refractivity contribution in [3.05, 3.63) is 22.8 Å². The SMILES string of the molecule is CCC1CCN(c2ccc(Cl)c(C(=O)O)n2)C1. The molecule has 92 valence electrons. The van der Waals surface area contributed by atoms with E-state index in [0.717, 1.165) is 25.9 Å². The summed E-state index contributed by atoms with van der Waals surface area (Å²) >= 11 is 5.79. The number of rotatable bonds is 3. The summed E-state index contributed by atoms with van der Waals surface area (Å²) < 4.78 is 0. The van der Waals surface area contributed by atoms with E-state index in [1.54, 1.807) is 12.1 Å². The molecule has 0 amide bonds. The third-order valence-electron chi connectivity index (χ3n) is 3.22. The quantitative estimate of drug-likeness (QED) is 0.901. The molecule has 17 heavy (non-hydrogen) atoms. The summed E-state index contributed by atoms with van der Waals surface area (Å²) in [5.41, 5.74) is -0.0656. The Morgan fingerprint density at radius 1 is 1.65 bits per heavy atom. The zero-order valence-corrected chi connectivity index (χ0v) is 10.4. The molecule has 0 saturated carbocycles. The lowest BCUT2D eigenvalue weighted by molar-refractivity contribution is 0.0691. The number of carboxylic acid groups (broad SMARTS) is 1. The maximum atomic E-state index is 10.9. The van der Waals surface area contributed by atoms with E-state index in [9.17, 15) is 4.79 Å². The fraction of sp³-hybridized carbons (Fsp3) is 0.500. The molecule has 1 aromatic heterocycles. The average molecular weight is 255 g/mol. The van der Waals surface area contributed by atoms with Crippen LogP contribution in [-0.4, -0.2) is 29.1 Å². The van der Waals surface area contributed by atoms with E-state index in [1.807, 2.05) is 0 Å². The van der Waals surface area contributed by atoms with Crippen LogP contribution in [0, 0.1) is 5.92 Å². The Labute approximate surface area is 105 Å². The molecule has 1 aliphatic rings. The molecule has 0 spiro atoms. The first-order valence-electron chi connectivity index (χ1n) is 5.76. The average Bonchev–Trinajstić information content (AvgIpc) is 2.78. The van der Waals surface area contributed by atoms with Gasteiger partial charge in [0, 0.05) is 13.1 Å². The van der Waals surface area contributed by atoms with Crippen LogP contribution in [-0.2, 0) is 0 Å². The lowest BCUT2D eigenvalue weighted by Gasteiger charge is -2.17. The first kappa shape index (κ1) is 12.2. The van der Waals surface area contributed by atoms with Gasteiger partial charge in [-0.1, -0.05) is 24.9 Å². The Kier molecular flexibility index (Phi) is 3.52. The minimum absolute atomic E-state index is 0.0656. The van der Waals surface area contributed by atoms with Crippen molar-refractivity contribution in [2.45, 2.75) is 19.8 Å². The Bertz CT molecular complexity index is 437. The molecule has 1 atom stereocenters. The van der Waals surface area contributed by atoms with Crippen LogP contribution in [0.25, 0.3) is 0 Å². The first-order valence-corrected chi connectivity index (χ1v) is 6.14. The Morgan fingerprint density at radius 2 is 2.41 bits per heavy atom. The van der Waals surface area contributed by atoms with E-state index < -0.39 is 5.97 Å². The number of nitrogens with zero attached hydrogens (tertiary/aromatic N) is 2. The summed E-state index contributed by atoms with van der Waals surface area (Å²) in [6, 6.07) is 3.39. The second kappa shape index (κ2) is 4.92. The third kappa shape index (κ3) is 2.52. The molecule has 0 aliphatic carbocycles. The van der Waals surface area contributed by atoms with Gasteiger partial charge in [0.1, 0.15) is 5.82 Å². The van der Waals surface area contributed by atoms with Gasteiger partial charge in [0.2, 0.25) is 0 Å². The zero-order chi connectivity index (χ0) is 12.4. The Balaban J connectivity index is 2.22. The van der Waals surface area contributed by atoms with Crippen molar-refractivity contribution in [1.82, 2.24) is 4.98 Å². The summed E-state index contributed by atoms with van der Waals surface area (Å²) in [5, 5.41) is 9.15. The lowest BCUT2D eigenvalue weighted by Crippen LogP contribution is -2.21. The number of pyridine rings is 1. The maximum Gasteiger partial charge on any atom is 0.356 e. The maximum absolute atomic E-state index is 10.9.